The zero-order chi connectivity index (χ0) is 42.0. The van der Waals surface area contributed by atoms with E-state index in [1.807, 2.05) is 0 Å². The molecule has 0 N–H and O–H groups in total. The van der Waals surface area contributed by atoms with Gasteiger partial charge in [-0.2, -0.15) is 0 Å². The summed E-state index contributed by atoms with van der Waals surface area (Å²) in [5.74, 6) is -71.4. The Hall–Kier alpha value is -4.81. The maximum absolute atomic E-state index is 15.4. The zero-order valence-electron chi connectivity index (χ0n) is 27.0. The highest BCUT2D eigenvalue weighted by atomic mass is 31.2. The molecule has 0 aromatic heterocycles. The van der Waals surface area contributed by atoms with Gasteiger partial charge in [-0.05, 0) is 12.1 Å². The molecule has 5 aromatic carbocycles. The molecule has 0 saturated heterocycles. The molecule has 0 aliphatic heterocycles. The Labute approximate surface area is 295 Å². The van der Waals surface area contributed by atoms with Crippen LogP contribution in [0.1, 0.15) is 0 Å². The van der Waals surface area contributed by atoms with Crippen LogP contribution in [0.3, 0.4) is 0 Å². The highest BCUT2D eigenvalue weighted by molar-refractivity contribution is 7.80. The molecular formula is C33H14BF20P. The Bertz CT molecular complexity index is 1980. The summed E-state index contributed by atoms with van der Waals surface area (Å²) >= 11 is 0. The molecule has 0 fully saturated rings. The summed E-state index contributed by atoms with van der Waals surface area (Å²) < 4.78 is 294. The lowest BCUT2D eigenvalue weighted by Gasteiger charge is -2.44. The molecule has 0 heterocycles. The third-order valence-electron chi connectivity index (χ3n) is 8.24. The molecule has 0 atom stereocenters. The van der Waals surface area contributed by atoms with E-state index in [1.165, 1.54) is 5.30 Å². The van der Waals surface area contributed by atoms with Crippen LogP contribution in [-0.2, 0) is 0 Å². The van der Waals surface area contributed by atoms with Gasteiger partial charge in [0.1, 0.15) is 52.7 Å². The summed E-state index contributed by atoms with van der Waals surface area (Å²) in [5, 5.41) is 1.51. The second kappa shape index (κ2) is 15.0. The monoisotopic (exact) mass is 832 g/mol. The predicted molar refractivity (Wildman–Crippen MR) is 160 cm³/mol. The maximum Gasteiger partial charge on any atom is 0.200 e. The minimum Gasteiger partial charge on any atom is -0.207 e. The van der Waals surface area contributed by atoms with Gasteiger partial charge < -0.3 is 0 Å². The predicted octanol–water partition coefficient (Wildman–Crippen LogP) is 8.06. The van der Waals surface area contributed by atoms with Crippen LogP contribution in [0, 0.1) is 116 Å². The summed E-state index contributed by atoms with van der Waals surface area (Å²) in [6, 6.07) is 10.7. The van der Waals surface area contributed by atoms with Crippen LogP contribution in [0.15, 0.2) is 30.3 Å². The van der Waals surface area contributed by atoms with Gasteiger partial charge >= 0.3 is 0 Å². The van der Waals surface area contributed by atoms with Gasteiger partial charge in [-0.1, -0.05) is 18.2 Å². The topological polar surface area (TPSA) is 0 Å². The molecule has 5 aromatic rings. The Morgan fingerprint density at radius 2 is 0.436 bits per heavy atom. The molecule has 0 saturated carbocycles. The quantitative estimate of drug-likeness (QED) is 0.0554. The SMILES string of the molecule is C[P+](C)(C)c1ccccc1.Fc1c(F)c(F)c([B-](c2c(F)c(F)c(F)c(F)c2F)(c2c(F)c(F)c(F)c(F)c2F)c2c(F)c(F)c(F)c(F)c2F)c(F)c1F. The number of rotatable bonds is 5. The summed E-state index contributed by atoms with van der Waals surface area (Å²) in [6.45, 7) is 7.01. The second-order valence-electron chi connectivity index (χ2n) is 12.1. The second-order valence-corrected chi connectivity index (χ2v) is 16.7. The zero-order valence-corrected chi connectivity index (χ0v) is 27.9. The van der Waals surface area contributed by atoms with Gasteiger partial charge in [0, 0.05) is 7.26 Å². The van der Waals surface area contributed by atoms with Crippen LogP contribution in [0.2, 0.25) is 0 Å². The van der Waals surface area contributed by atoms with E-state index >= 15 is 35.1 Å². The third-order valence-corrected chi connectivity index (χ3v) is 10.1. The average molecular weight is 832 g/mol. The van der Waals surface area contributed by atoms with Gasteiger partial charge in [0.25, 0.3) is 0 Å². The van der Waals surface area contributed by atoms with Gasteiger partial charge in [-0.25, -0.2) is 87.8 Å². The maximum atomic E-state index is 15.4. The summed E-state index contributed by atoms with van der Waals surface area (Å²) in [7, 11) is -0.768. The van der Waals surface area contributed by atoms with Crippen LogP contribution >= 0.6 is 7.26 Å². The van der Waals surface area contributed by atoms with Crippen molar-refractivity contribution >= 4 is 40.6 Å². The largest absolute Gasteiger partial charge is 0.207 e. The summed E-state index contributed by atoms with van der Waals surface area (Å²) in [4.78, 5) is 0. The van der Waals surface area contributed by atoms with Gasteiger partial charge in [-0.15, -0.1) is 21.9 Å². The van der Waals surface area contributed by atoms with Crippen molar-refractivity contribution in [3.05, 3.63) is 147 Å². The van der Waals surface area contributed by atoms with Crippen LogP contribution in [-0.4, -0.2) is 26.1 Å². The molecule has 0 radical (unpaired) electrons. The molecule has 0 nitrogen and oxygen atoms in total. The number of benzene rings is 5. The molecule has 294 valence electrons. The van der Waals surface area contributed by atoms with Crippen LogP contribution in [0.4, 0.5) is 87.8 Å². The van der Waals surface area contributed by atoms with Gasteiger partial charge in [0.05, 0.1) is 25.3 Å². The standard InChI is InChI=1S/C24BF20.C9H14P/c26-5-1(6(27)14(35)21(42)13(5)34)25(2-7(28)15(36)22(43)16(37)8(2)29,3-9(30)17(38)23(44)18(39)10(3)31)4-11(32)19(40)24(45)20(41)12(4)33;1-10(2,3)9-7-5-4-6-8-9/h;4-8H,1-3H3/q-1;+1. The molecule has 5 rings (SSSR count). The van der Waals surface area contributed by atoms with E-state index in [2.05, 4.69) is 50.3 Å². The van der Waals surface area contributed by atoms with E-state index in [0.717, 1.165) is 0 Å². The van der Waals surface area contributed by atoms with Crippen molar-refractivity contribution < 1.29 is 87.8 Å². The number of halogens is 20. The molecule has 22 heteroatoms. The lowest BCUT2D eigenvalue weighted by atomic mass is 9.12. The molecule has 0 amide bonds. The van der Waals surface area contributed by atoms with Crippen molar-refractivity contribution in [1.29, 1.82) is 0 Å². The van der Waals surface area contributed by atoms with Crippen LogP contribution < -0.4 is 27.2 Å². The lowest BCUT2D eigenvalue weighted by Crippen LogP contribution is -2.81. The van der Waals surface area contributed by atoms with Crippen molar-refractivity contribution in [3.8, 4) is 0 Å². The Kier molecular flexibility index (Phi) is 11.7. The molecular weight excluding hydrogens is 818 g/mol. The van der Waals surface area contributed by atoms with Crippen molar-refractivity contribution in [2.45, 2.75) is 0 Å². The first kappa shape index (κ1) is 42.9. The number of hydrogen-bond donors (Lipinski definition) is 0. The van der Waals surface area contributed by atoms with E-state index in [1.54, 1.807) is 0 Å². The van der Waals surface area contributed by atoms with Gasteiger partial charge in [0.15, 0.2) is 69.8 Å². The highest BCUT2D eigenvalue weighted by Gasteiger charge is 2.52. The smallest absolute Gasteiger partial charge is 0.200 e. The van der Waals surface area contributed by atoms with Gasteiger partial charge in [0.2, 0.25) is 0 Å². The average Bonchev–Trinajstić information content (AvgIpc) is 3.15. The Morgan fingerprint density at radius 1 is 0.273 bits per heavy atom. The molecule has 0 aliphatic rings. The highest BCUT2D eigenvalue weighted by Crippen LogP contribution is 2.44. The Balaban J connectivity index is 0.000000583. The van der Waals surface area contributed by atoms with E-state index < -0.39 is 152 Å². The molecule has 0 aliphatic carbocycles. The molecule has 0 spiro atoms. The van der Waals surface area contributed by atoms with Crippen molar-refractivity contribution in [3.63, 3.8) is 0 Å². The van der Waals surface area contributed by atoms with Crippen molar-refractivity contribution in [1.82, 2.24) is 0 Å². The lowest BCUT2D eigenvalue weighted by molar-refractivity contribution is 0.378. The van der Waals surface area contributed by atoms with Gasteiger partial charge in [-0.3, -0.25) is 0 Å². The van der Waals surface area contributed by atoms with Crippen molar-refractivity contribution in [2.75, 3.05) is 20.0 Å². The van der Waals surface area contributed by atoms with E-state index in [4.69, 9.17) is 0 Å². The Morgan fingerprint density at radius 3 is 0.582 bits per heavy atom. The number of hydrogen-bond acceptors (Lipinski definition) is 0. The third kappa shape index (κ3) is 6.56. The minimum absolute atomic E-state index is 0.768. The molecule has 0 bridgehead atoms. The van der Waals surface area contributed by atoms with E-state index in [0.29, 0.717) is 0 Å². The first-order valence-corrected chi connectivity index (χ1v) is 17.5. The van der Waals surface area contributed by atoms with Crippen LogP contribution in [0.25, 0.3) is 0 Å². The molecule has 0 unspecified atom stereocenters. The fourth-order valence-electron chi connectivity index (χ4n) is 5.75. The molecule has 55 heavy (non-hydrogen) atoms. The fourth-order valence-corrected chi connectivity index (χ4v) is 6.82. The summed E-state index contributed by atoms with van der Waals surface area (Å²) in [5.41, 5.74) is -14.3. The van der Waals surface area contributed by atoms with E-state index in [9.17, 15) is 52.7 Å². The first-order chi connectivity index (χ1) is 25.3. The normalized spacial score (nSPS) is 11.9. The first-order valence-electron chi connectivity index (χ1n) is 14.4. The summed E-state index contributed by atoms with van der Waals surface area (Å²) in [6.07, 6.45) is -7.22. The van der Waals surface area contributed by atoms with E-state index in [-0.39, 0.29) is 0 Å². The van der Waals surface area contributed by atoms with Crippen LogP contribution in [0.5, 0.6) is 0 Å². The van der Waals surface area contributed by atoms with Crippen molar-refractivity contribution in [2.24, 2.45) is 0 Å². The minimum atomic E-state index is -7.22. The fraction of sp³-hybridized carbons (Fsp3) is 0.0909.